The van der Waals surface area contributed by atoms with Crippen molar-refractivity contribution in [3.05, 3.63) is 40.5 Å². The first-order chi connectivity index (χ1) is 13.2. The fourth-order valence-electron chi connectivity index (χ4n) is 2.99. The van der Waals surface area contributed by atoms with Crippen molar-refractivity contribution in [2.45, 2.75) is 53.6 Å². The van der Waals surface area contributed by atoms with Gasteiger partial charge in [0, 0.05) is 29.9 Å². The molecule has 9 heteroatoms. The number of esters is 1. The lowest BCUT2D eigenvalue weighted by Gasteiger charge is -2.13. The number of hydrogen-bond acceptors (Lipinski definition) is 7. The van der Waals surface area contributed by atoms with Crippen molar-refractivity contribution in [3.63, 3.8) is 0 Å². The smallest absolute Gasteiger partial charge is 0.306 e. The van der Waals surface area contributed by atoms with Gasteiger partial charge in [-0.05, 0) is 46.6 Å². The highest BCUT2D eigenvalue weighted by Gasteiger charge is 2.20. The second-order valence-electron chi connectivity index (χ2n) is 6.77. The minimum absolute atomic E-state index is 0.133. The number of aromatic nitrogens is 4. The van der Waals surface area contributed by atoms with Gasteiger partial charge in [0.15, 0.2) is 11.8 Å². The molecule has 0 aliphatic heterocycles. The summed E-state index contributed by atoms with van der Waals surface area (Å²) in [5.41, 5.74) is 5.05. The lowest BCUT2D eigenvalue weighted by molar-refractivity contribution is -0.153. The van der Waals surface area contributed by atoms with Gasteiger partial charge in [-0.1, -0.05) is 5.16 Å². The van der Waals surface area contributed by atoms with Gasteiger partial charge in [0.2, 0.25) is 5.88 Å². The van der Waals surface area contributed by atoms with Gasteiger partial charge in [-0.2, -0.15) is 5.10 Å². The normalized spacial score (nSPS) is 12.2. The van der Waals surface area contributed by atoms with Crippen LogP contribution in [-0.4, -0.2) is 37.7 Å². The highest BCUT2D eigenvalue weighted by molar-refractivity contribution is 5.94. The zero-order valence-corrected chi connectivity index (χ0v) is 16.6. The van der Waals surface area contributed by atoms with Gasteiger partial charge in [0.25, 0.3) is 5.91 Å². The van der Waals surface area contributed by atoms with Crippen LogP contribution >= 0.6 is 0 Å². The Labute approximate surface area is 162 Å². The number of hydrogen-bond donors (Lipinski definition) is 1. The number of carbonyl (C=O) groups excluding carboxylic acids is 2. The van der Waals surface area contributed by atoms with Crippen molar-refractivity contribution in [1.29, 1.82) is 0 Å². The van der Waals surface area contributed by atoms with Gasteiger partial charge >= 0.3 is 5.97 Å². The molecule has 0 saturated carbocycles. The third-order valence-corrected chi connectivity index (χ3v) is 4.42. The molecule has 0 spiro atoms. The molecule has 1 unspecified atom stereocenters. The fourth-order valence-corrected chi connectivity index (χ4v) is 2.99. The van der Waals surface area contributed by atoms with E-state index in [1.54, 1.807) is 17.5 Å². The summed E-state index contributed by atoms with van der Waals surface area (Å²) < 4.78 is 11.9. The third kappa shape index (κ3) is 4.19. The van der Waals surface area contributed by atoms with E-state index in [1.165, 1.54) is 6.92 Å². The summed E-state index contributed by atoms with van der Waals surface area (Å²) in [5, 5.41) is 10.6. The molecule has 148 valence electrons. The van der Waals surface area contributed by atoms with E-state index < -0.39 is 18.0 Å². The number of anilines is 1. The van der Waals surface area contributed by atoms with Crippen LogP contribution in [0.1, 0.15) is 41.7 Å². The van der Waals surface area contributed by atoms with Gasteiger partial charge in [-0.25, -0.2) is 9.50 Å². The van der Waals surface area contributed by atoms with Crippen molar-refractivity contribution in [2.24, 2.45) is 0 Å². The number of nitrogens with zero attached hydrogens (tertiary/aromatic N) is 4. The van der Waals surface area contributed by atoms with E-state index in [2.05, 4.69) is 20.6 Å². The lowest BCUT2D eigenvalue weighted by Crippen LogP contribution is -2.30. The van der Waals surface area contributed by atoms with Gasteiger partial charge in [0.1, 0.15) is 0 Å². The molecule has 0 fully saturated rings. The first-order valence-electron chi connectivity index (χ1n) is 9.00. The Kier molecular flexibility index (Phi) is 5.43. The molecular formula is C19H23N5O4. The van der Waals surface area contributed by atoms with E-state index in [9.17, 15) is 9.59 Å². The largest absolute Gasteiger partial charge is 0.453 e. The summed E-state index contributed by atoms with van der Waals surface area (Å²) in [6.45, 7) is 9.01. The fraction of sp³-hybridized carbons (Fsp3) is 0.421. The standard InChI is InChI=1S/C19H23N5O4/c1-10-8-16-20-12(3)15(13(4)24(16)22-10)6-7-18(25)27-14(5)19(26)21-17-9-11(2)23-28-17/h8-9,14H,6-7H2,1-5H3,(H,21,26). The number of ether oxygens (including phenoxy) is 1. The van der Waals surface area contributed by atoms with Crippen LogP contribution in [0.5, 0.6) is 0 Å². The quantitative estimate of drug-likeness (QED) is 0.649. The number of rotatable bonds is 6. The molecule has 1 N–H and O–H groups in total. The zero-order valence-electron chi connectivity index (χ0n) is 16.6. The lowest BCUT2D eigenvalue weighted by atomic mass is 10.1. The van der Waals surface area contributed by atoms with Crippen LogP contribution < -0.4 is 5.32 Å². The van der Waals surface area contributed by atoms with Crippen molar-refractivity contribution < 1.29 is 18.8 Å². The third-order valence-electron chi connectivity index (χ3n) is 4.42. The average Bonchev–Trinajstić information content (AvgIpc) is 3.19. The molecule has 0 aliphatic rings. The molecule has 0 bridgehead atoms. The highest BCUT2D eigenvalue weighted by Crippen LogP contribution is 2.17. The number of fused-ring (bicyclic) bond motifs is 1. The Morgan fingerprint density at radius 3 is 2.64 bits per heavy atom. The summed E-state index contributed by atoms with van der Waals surface area (Å²) in [4.78, 5) is 28.8. The predicted octanol–water partition coefficient (Wildman–Crippen LogP) is 2.45. The first-order valence-corrected chi connectivity index (χ1v) is 9.00. The maximum atomic E-state index is 12.2. The Balaban J connectivity index is 1.59. The SMILES string of the molecule is Cc1cc(NC(=O)C(C)OC(=O)CCc2c(C)nc3cc(C)nn3c2C)on1. The molecule has 1 amide bonds. The van der Waals surface area contributed by atoms with E-state index in [0.29, 0.717) is 12.1 Å². The van der Waals surface area contributed by atoms with Crippen molar-refractivity contribution in [1.82, 2.24) is 19.8 Å². The highest BCUT2D eigenvalue weighted by atomic mass is 16.5. The Hall–Kier alpha value is -3.23. The predicted molar refractivity (Wildman–Crippen MR) is 101 cm³/mol. The molecule has 28 heavy (non-hydrogen) atoms. The van der Waals surface area contributed by atoms with Gasteiger partial charge in [-0.15, -0.1) is 0 Å². The number of carbonyl (C=O) groups is 2. The van der Waals surface area contributed by atoms with Gasteiger partial charge in [0.05, 0.1) is 11.4 Å². The Morgan fingerprint density at radius 1 is 1.21 bits per heavy atom. The van der Waals surface area contributed by atoms with E-state index >= 15 is 0 Å². The minimum Gasteiger partial charge on any atom is -0.453 e. The topological polar surface area (TPSA) is 112 Å². The van der Waals surface area contributed by atoms with E-state index in [0.717, 1.165) is 28.3 Å². The van der Waals surface area contributed by atoms with Crippen LogP contribution in [0.25, 0.3) is 5.65 Å². The van der Waals surface area contributed by atoms with Crippen LogP contribution in [-0.2, 0) is 20.7 Å². The summed E-state index contributed by atoms with van der Waals surface area (Å²) in [5.74, 6) is -0.732. The van der Waals surface area contributed by atoms with Gasteiger partial charge in [-0.3, -0.25) is 14.9 Å². The molecule has 3 aromatic heterocycles. The maximum absolute atomic E-state index is 12.2. The minimum atomic E-state index is -0.950. The Bertz CT molecular complexity index is 1040. The second kappa shape index (κ2) is 7.79. The summed E-state index contributed by atoms with van der Waals surface area (Å²) in [7, 11) is 0. The van der Waals surface area contributed by atoms with E-state index in [-0.39, 0.29) is 12.3 Å². The summed E-state index contributed by atoms with van der Waals surface area (Å²) in [6, 6.07) is 3.49. The van der Waals surface area contributed by atoms with Crippen LogP contribution in [0.2, 0.25) is 0 Å². The number of amides is 1. The van der Waals surface area contributed by atoms with Crippen LogP contribution in [0.4, 0.5) is 5.88 Å². The molecule has 0 aliphatic carbocycles. The molecular weight excluding hydrogens is 362 g/mol. The van der Waals surface area contributed by atoms with E-state index in [4.69, 9.17) is 9.26 Å². The molecule has 0 radical (unpaired) electrons. The number of aryl methyl sites for hydroxylation is 4. The van der Waals surface area contributed by atoms with Crippen molar-refractivity contribution >= 4 is 23.4 Å². The second-order valence-corrected chi connectivity index (χ2v) is 6.77. The first kappa shape index (κ1) is 19.5. The number of nitrogens with one attached hydrogen (secondary N) is 1. The molecule has 0 aromatic carbocycles. The molecule has 3 aromatic rings. The summed E-state index contributed by atoms with van der Waals surface area (Å²) >= 11 is 0. The molecule has 9 nitrogen and oxygen atoms in total. The van der Waals surface area contributed by atoms with Crippen LogP contribution in [0.15, 0.2) is 16.7 Å². The van der Waals surface area contributed by atoms with Gasteiger partial charge < -0.3 is 9.26 Å². The van der Waals surface area contributed by atoms with Crippen molar-refractivity contribution in [2.75, 3.05) is 5.32 Å². The van der Waals surface area contributed by atoms with E-state index in [1.807, 2.05) is 26.8 Å². The molecule has 0 saturated heterocycles. The molecule has 1 atom stereocenters. The van der Waals surface area contributed by atoms with Crippen molar-refractivity contribution in [3.8, 4) is 0 Å². The molecule has 3 heterocycles. The van der Waals surface area contributed by atoms with Crippen LogP contribution in [0.3, 0.4) is 0 Å². The average molecular weight is 385 g/mol. The summed E-state index contributed by atoms with van der Waals surface area (Å²) in [6.07, 6.45) is -0.364. The Morgan fingerprint density at radius 2 is 1.96 bits per heavy atom. The molecule has 3 rings (SSSR count). The zero-order chi connectivity index (χ0) is 20.4. The monoisotopic (exact) mass is 385 g/mol. The maximum Gasteiger partial charge on any atom is 0.306 e. The van der Waals surface area contributed by atoms with Crippen LogP contribution in [0, 0.1) is 27.7 Å².